The quantitative estimate of drug-likeness (QED) is 0.649. The molecule has 2 aromatic rings. The Morgan fingerprint density at radius 1 is 1.21 bits per heavy atom. The maximum Gasteiger partial charge on any atom is 0.291 e. The van der Waals surface area contributed by atoms with Crippen LogP contribution >= 0.6 is 24.0 Å². The summed E-state index contributed by atoms with van der Waals surface area (Å²) >= 11 is 6.14. The molecule has 0 radical (unpaired) electrons. The zero-order valence-corrected chi connectivity index (χ0v) is 14.7. The van der Waals surface area contributed by atoms with Crippen LogP contribution in [0.5, 0.6) is 0 Å². The zero-order valence-electron chi connectivity index (χ0n) is 13.1. The number of carbonyl (C=O) groups is 2. The summed E-state index contributed by atoms with van der Waals surface area (Å²) in [6, 6.07) is 8.09. The minimum absolute atomic E-state index is 0. The van der Waals surface area contributed by atoms with Crippen LogP contribution in [0.25, 0.3) is 0 Å². The molecule has 1 aromatic heterocycles. The van der Waals surface area contributed by atoms with Crippen LogP contribution in [0.1, 0.15) is 23.4 Å². The highest BCUT2D eigenvalue weighted by atomic mass is 35.5. The highest BCUT2D eigenvalue weighted by Crippen LogP contribution is 2.26. The summed E-state index contributed by atoms with van der Waals surface area (Å²) in [6.45, 7) is 0.784. The van der Waals surface area contributed by atoms with Crippen molar-refractivity contribution < 1.29 is 14.0 Å². The predicted octanol–water partition coefficient (Wildman–Crippen LogP) is 3.55. The van der Waals surface area contributed by atoms with Crippen LogP contribution in [0.2, 0.25) is 5.02 Å². The molecule has 130 valence electrons. The number of furan rings is 1. The molecule has 0 fully saturated rings. The standard InChI is InChI=1S/C16H18ClN3O3.ClH/c1-18-8-2-5-15(21)19-11-6-7-13(12(17)10-11)20-16(22)14-4-3-9-23-14;/h3-4,6-7,9-10,18H,2,5,8H2,1H3,(H,19,21)(H,20,22);1H. The molecule has 0 spiro atoms. The number of carbonyl (C=O) groups excluding carboxylic acids is 2. The first-order chi connectivity index (χ1) is 11.1. The molecule has 2 rings (SSSR count). The van der Waals surface area contributed by atoms with E-state index in [0.717, 1.165) is 13.0 Å². The summed E-state index contributed by atoms with van der Waals surface area (Å²) in [4.78, 5) is 23.7. The molecule has 3 N–H and O–H groups in total. The number of rotatable bonds is 7. The Balaban J connectivity index is 0.00000288. The molecule has 0 aliphatic carbocycles. The maximum absolute atomic E-state index is 11.9. The Morgan fingerprint density at radius 2 is 2.00 bits per heavy atom. The van der Waals surface area contributed by atoms with E-state index in [0.29, 0.717) is 22.8 Å². The van der Waals surface area contributed by atoms with Gasteiger partial charge in [0, 0.05) is 12.1 Å². The number of nitrogens with one attached hydrogen (secondary N) is 3. The molecule has 6 nitrogen and oxygen atoms in total. The molecule has 0 atom stereocenters. The SMILES string of the molecule is CNCCCC(=O)Nc1ccc(NC(=O)c2ccco2)c(Cl)c1.Cl. The Labute approximate surface area is 151 Å². The first-order valence-electron chi connectivity index (χ1n) is 7.19. The van der Waals surface area contributed by atoms with Crippen molar-refractivity contribution in [3.8, 4) is 0 Å². The van der Waals surface area contributed by atoms with Gasteiger partial charge < -0.3 is 20.4 Å². The van der Waals surface area contributed by atoms with Crippen LogP contribution in [0, 0.1) is 0 Å². The number of benzene rings is 1. The number of halogens is 2. The molecular weight excluding hydrogens is 353 g/mol. The normalized spacial score (nSPS) is 9.92. The third kappa shape index (κ3) is 5.88. The van der Waals surface area contributed by atoms with Crippen molar-refractivity contribution in [1.29, 1.82) is 0 Å². The molecular formula is C16H19Cl2N3O3. The summed E-state index contributed by atoms with van der Waals surface area (Å²) < 4.78 is 5.01. The van der Waals surface area contributed by atoms with Crippen molar-refractivity contribution in [2.45, 2.75) is 12.8 Å². The first-order valence-corrected chi connectivity index (χ1v) is 7.57. The molecule has 1 heterocycles. The van der Waals surface area contributed by atoms with Gasteiger partial charge in [-0.15, -0.1) is 12.4 Å². The zero-order chi connectivity index (χ0) is 16.7. The highest BCUT2D eigenvalue weighted by Gasteiger charge is 2.11. The Morgan fingerprint density at radius 3 is 2.62 bits per heavy atom. The smallest absolute Gasteiger partial charge is 0.291 e. The number of hydrogen-bond acceptors (Lipinski definition) is 4. The fourth-order valence-electron chi connectivity index (χ4n) is 1.94. The minimum Gasteiger partial charge on any atom is -0.459 e. The number of amides is 2. The van der Waals surface area contributed by atoms with Crippen molar-refractivity contribution in [3.63, 3.8) is 0 Å². The fourth-order valence-corrected chi connectivity index (χ4v) is 2.16. The molecule has 24 heavy (non-hydrogen) atoms. The van der Waals surface area contributed by atoms with Crippen molar-refractivity contribution in [1.82, 2.24) is 5.32 Å². The highest BCUT2D eigenvalue weighted by molar-refractivity contribution is 6.34. The molecule has 0 aliphatic rings. The number of anilines is 2. The van der Waals surface area contributed by atoms with Crippen LogP contribution in [0.3, 0.4) is 0 Å². The van der Waals surface area contributed by atoms with Gasteiger partial charge in [0.1, 0.15) is 0 Å². The van der Waals surface area contributed by atoms with E-state index in [9.17, 15) is 9.59 Å². The summed E-state index contributed by atoms with van der Waals surface area (Å²) in [5, 5.41) is 8.73. The van der Waals surface area contributed by atoms with Gasteiger partial charge in [0.05, 0.1) is 17.0 Å². The Kier molecular flexibility index (Phi) is 8.32. The van der Waals surface area contributed by atoms with E-state index in [1.54, 1.807) is 30.3 Å². The van der Waals surface area contributed by atoms with Gasteiger partial charge >= 0.3 is 0 Å². The molecule has 2 amide bonds. The van der Waals surface area contributed by atoms with Crippen LogP contribution < -0.4 is 16.0 Å². The van der Waals surface area contributed by atoms with E-state index in [1.807, 2.05) is 7.05 Å². The molecule has 0 saturated heterocycles. The second-order valence-electron chi connectivity index (χ2n) is 4.88. The van der Waals surface area contributed by atoms with Gasteiger partial charge in [0.15, 0.2) is 5.76 Å². The fraction of sp³-hybridized carbons (Fsp3) is 0.250. The average molecular weight is 372 g/mol. The van der Waals surface area contributed by atoms with Gasteiger partial charge in [-0.25, -0.2) is 0 Å². The Bertz CT molecular complexity index is 675. The maximum atomic E-state index is 11.9. The number of hydrogen-bond donors (Lipinski definition) is 3. The van der Waals surface area contributed by atoms with Crippen LogP contribution in [-0.2, 0) is 4.79 Å². The van der Waals surface area contributed by atoms with Crippen LogP contribution in [-0.4, -0.2) is 25.4 Å². The third-order valence-corrected chi connectivity index (χ3v) is 3.39. The van der Waals surface area contributed by atoms with Gasteiger partial charge in [0.2, 0.25) is 5.91 Å². The van der Waals surface area contributed by atoms with E-state index < -0.39 is 0 Å². The predicted molar refractivity (Wildman–Crippen MR) is 97.2 cm³/mol. The van der Waals surface area contributed by atoms with Gasteiger partial charge in [-0.05, 0) is 50.3 Å². The second kappa shape index (κ2) is 9.97. The van der Waals surface area contributed by atoms with Crippen LogP contribution in [0.15, 0.2) is 41.0 Å². The lowest BCUT2D eigenvalue weighted by molar-refractivity contribution is -0.116. The summed E-state index contributed by atoms with van der Waals surface area (Å²) in [5.41, 5.74) is 1.03. The first kappa shape index (κ1) is 20.0. The molecule has 0 saturated carbocycles. The van der Waals surface area contributed by atoms with E-state index in [-0.39, 0.29) is 30.0 Å². The lowest BCUT2D eigenvalue weighted by Crippen LogP contribution is -2.15. The van der Waals surface area contributed by atoms with E-state index in [1.165, 1.54) is 6.26 Å². The van der Waals surface area contributed by atoms with Gasteiger partial charge in [-0.2, -0.15) is 0 Å². The average Bonchev–Trinajstić information content (AvgIpc) is 3.04. The summed E-state index contributed by atoms with van der Waals surface area (Å²) in [5.74, 6) is -0.271. The van der Waals surface area contributed by atoms with Crippen LogP contribution in [0.4, 0.5) is 11.4 Å². The Hall–Kier alpha value is -2.02. The summed E-state index contributed by atoms with van der Waals surface area (Å²) in [6.07, 6.45) is 2.60. The summed E-state index contributed by atoms with van der Waals surface area (Å²) in [7, 11) is 1.84. The van der Waals surface area contributed by atoms with Gasteiger partial charge in [-0.3, -0.25) is 9.59 Å². The lowest BCUT2D eigenvalue weighted by Gasteiger charge is -2.09. The third-order valence-electron chi connectivity index (χ3n) is 3.08. The van der Waals surface area contributed by atoms with E-state index in [4.69, 9.17) is 16.0 Å². The minimum atomic E-state index is -0.388. The molecule has 1 aromatic carbocycles. The van der Waals surface area contributed by atoms with E-state index in [2.05, 4.69) is 16.0 Å². The monoisotopic (exact) mass is 371 g/mol. The van der Waals surface area contributed by atoms with Crippen molar-refractivity contribution in [2.75, 3.05) is 24.2 Å². The molecule has 0 aliphatic heterocycles. The lowest BCUT2D eigenvalue weighted by atomic mass is 10.2. The van der Waals surface area contributed by atoms with E-state index >= 15 is 0 Å². The van der Waals surface area contributed by atoms with Gasteiger partial charge in [-0.1, -0.05) is 11.6 Å². The molecule has 8 heteroatoms. The van der Waals surface area contributed by atoms with Crippen molar-refractivity contribution in [2.24, 2.45) is 0 Å². The van der Waals surface area contributed by atoms with Crippen molar-refractivity contribution in [3.05, 3.63) is 47.4 Å². The second-order valence-corrected chi connectivity index (χ2v) is 5.29. The van der Waals surface area contributed by atoms with Crippen molar-refractivity contribution >= 4 is 47.2 Å². The largest absolute Gasteiger partial charge is 0.459 e. The molecule has 0 unspecified atom stereocenters. The van der Waals surface area contributed by atoms with Gasteiger partial charge in [0.25, 0.3) is 5.91 Å². The molecule has 0 bridgehead atoms. The topological polar surface area (TPSA) is 83.4 Å².